The fraction of sp³-hybridized carbons (Fsp3) is 0.500. The molecule has 0 heterocycles. The van der Waals surface area contributed by atoms with Crippen molar-refractivity contribution in [1.29, 1.82) is 0 Å². The summed E-state index contributed by atoms with van der Waals surface area (Å²) in [5, 5.41) is 12.5. The molecule has 0 radical (unpaired) electrons. The maximum atomic E-state index is 12.7. The molecule has 1 rings (SSSR count). The second kappa shape index (κ2) is 19.5. The van der Waals surface area contributed by atoms with Gasteiger partial charge in [0.25, 0.3) is 0 Å². The fourth-order valence-corrected chi connectivity index (χ4v) is 3.61. The molecule has 1 aromatic rings. The van der Waals surface area contributed by atoms with E-state index in [1.165, 1.54) is 30.2 Å². The fourth-order valence-electron chi connectivity index (χ4n) is 2.61. The van der Waals surface area contributed by atoms with Gasteiger partial charge < -0.3 is 15.2 Å². The van der Waals surface area contributed by atoms with Gasteiger partial charge in [0.05, 0.1) is 11.8 Å². The van der Waals surface area contributed by atoms with Gasteiger partial charge in [-0.25, -0.2) is 0 Å². The van der Waals surface area contributed by atoms with Crippen LogP contribution in [0.15, 0.2) is 67.1 Å². The molecule has 0 saturated heterocycles. The predicted octanol–water partition coefficient (Wildman–Crippen LogP) is 9.32. The molecule has 2 N–H and O–H groups in total. The largest absolute Gasteiger partial charge is 0.480 e. The molecule has 0 bridgehead atoms. The number of carboxylic acid groups (broad SMARTS) is 1. The summed E-state index contributed by atoms with van der Waals surface area (Å²) < 4.78 is 42.7. The van der Waals surface area contributed by atoms with E-state index in [-0.39, 0.29) is 5.76 Å². The minimum absolute atomic E-state index is 0.255. The Labute approximate surface area is 232 Å². The summed E-state index contributed by atoms with van der Waals surface area (Å²) in [6.45, 7) is 23.5. The third-order valence-corrected chi connectivity index (χ3v) is 6.63. The lowest BCUT2D eigenvalue weighted by molar-refractivity contribution is -0.139. The average Bonchev–Trinajstić information content (AvgIpc) is 2.89. The summed E-state index contributed by atoms with van der Waals surface area (Å²) in [5.41, 5.74) is 1.48. The highest BCUT2D eigenvalue weighted by atomic mass is 32.2. The van der Waals surface area contributed by atoms with Crippen molar-refractivity contribution < 1.29 is 27.8 Å². The Morgan fingerprint density at radius 3 is 2.18 bits per heavy atom. The zero-order chi connectivity index (χ0) is 29.9. The molecule has 4 nitrogen and oxygen atoms in total. The quantitative estimate of drug-likeness (QED) is 0.176. The zero-order valence-electron chi connectivity index (χ0n) is 24.2. The number of alkyl halides is 3. The SMILES string of the molecule is C=C/C(=C\CCC(C)CSC(C)(C)C(=O)O)NC/C(C)=C/OC(=C)c1ccc(C(F)(F)F)cc1.CC.CC. The summed E-state index contributed by atoms with van der Waals surface area (Å²) >= 11 is 1.45. The molecule has 1 aromatic carbocycles. The number of nitrogens with one attached hydrogen (secondary N) is 1. The molecule has 8 heteroatoms. The highest BCUT2D eigenvalue weighted by molar-refractivity contribution is 8.01. The Kier molecular flexibility index (Phi) is 19.2. The first-order chi connectivity index (χ1) is 17.8. The summed E-state index contributed by atoms with van der Waals surface area (Å²) in [6, 6.07) is 4.64. The lowest BCUT2D eigenvalue weighted by Gasteiger charge is -2.20. The van der Waals surface area contributed by atoms with E-state index in [1.54, 1.807) is 19.9 Å². The van der Waals surface area contributed by atoms with Crippen molar-refractivity contribution in [1.82, 2.24) is 5.32 Å². The number of carbonyl (C=O) groups is 1. The summed E-state index contributed by atoms with van der Waals surface area (Å²) in [6.07, 6.45) is 2.65. The Morgan fingerprint density at radius 1 is 1.16 bits per heavy atom. The second-order valence-corrected chi connectivity index (χ2v) is 10.2. The van der Waals surface area contributed by atoms with Gasteiger partial charge >= 0.3 is 12.1 Å². The molecular weight excluding hydrogens is 511 g/mol. The van der Waals surface area contributed by atoms with Crippen LogP contribution in [-0.4, -0.2) is 28.1 Å². The van der Waals surface area contributed by atoms with E-state index in [0.717, 1.165) is 42.0 Å². The number of ether oxygens (including phenoxy) is 1. The smallest absolute Gasteiger partial charge is 0.416 e. The van der Waals surface area contributed by atoms with Crippen LogP contribution in [0.2, 0.25) is 0 Å². The standard InChI is InChI=1S/C26H34F3NO3S.2C2H6/c1-7-23(10-8-9-18(2)17-34-25(5,6)24(31)32)30-15-19(3)16-33-20(4)21-11-13-22(14-12-21)26(27,28)29;2*1-2/h7,10-14,16,18,30H,1,4,8-9,15,17H2,2-3,5-6H3,(H,31,32);2*1-2H3/b19-16+,23-10+;;. The Balaban J connectivity index is 0. The van der Waals surface area contributed by atoms with Crippen molar-refractivity contribution >= 4 is 23.5 Å². The van der Waals surface area contributed by atoms with E-state index in [0.29, 0.717) is 18.0 Å². The monoisotopic (exact) mass is 557 g/mol. The first-order valence-electron chi connectivity index (χ1n) is 12.9. The normalized spacial score (nSPS) is 12.7. The summed E-state index contributed by atoms with van der Waals surface area (Å²) in [7, 11) is 0. The number of allylic oxidation sites excluding steroid dienone is 2. The Hall–Kier alpha value is -2.61. The molecule has 0 aromatic heterocycles. The number of aliphatic carboxylic acids is 1. The predicted molar refractivity (Wildman–Crippen MR) is 157 cm³/mol. The molecule has 0 aliphatic rings. The lowest BCUT2D eigenvalue weighted by atomic mass is 10.1. The van der Waals surface area contributed by atoms with Gasteiger partial charge in [-0.15, -0.1) is 11.8 Å². The highest BCUT2D eigenvalue weighted by Crippen LogP contribution is 2.30. The highest BCUT2D eigenvalue weighted by Gasteiger charge is 2.30. The Morgan fingerprint density at radius 2 is 1.71 bits per heavy atom. The first-order valence-corrected chi connectivity index (χ1v) is 13.9. The molecule has 216 valence electrons. The van der Waals surface area contributed by atoms with Crippen LogP contribution in [0.3, 0.4) is 0 Å². The average molecular weight is 558 g/mol. The number of hydrogen-bond donors (Lipinski definition) is 2. The van der Waals surface area contributed by atoms with Crippen LogP contribution < -0.4 is 5.32 Å². The van der Waals surface area contributed by atoms with Gasteiger partial charge in [-0.05, 0) is 69.1 Å². The molecule has 0 spiro atoms. The van der Waals surface area contributed by atoms with Crippen molar-refractivity contribution in [2.24, 2.45) is 5.92 Å². The maximum Gasteiger partial charge on any atom is 0.416 e. The van der Waals surface area contributed by atoms with Gasteiger partial charge in [0.2, 0.25) is 0 Å². The molecule has 0 aliphatic carbocycles. The van der Waals surface area contributed by atoms with Gasteiger partial charge in [-0.3, -0.25) is 4.79 Å². The van der Waals surface area contributed by atoms with Crippen molar-refractivity contribution in [2.45, 2.75) is 79.2 Å². The number of halogens is 3. The van der Waals surface area contributed by atoms with Crippen molar-refractivity contribution in [3.8, 4) is 0 Å². The maximum absolute atomic E-state index is 12.7. The molecule has 1 atom stereocenters. The van der Waals surface area contributed by atoms with E-state index in [9.17, 15) is 23.1 Å². The molecule has 1 unspecified atom stereocenters. The number of benzene rings is 1. The van der Waals surface area contributed by atoms with Gasteiger partial charge in [-0.1, -0.05) is 66.0 Å². The number of thioether (sulfide) groups is 1. The molecule has 0 aliphatic heterocycles. The Bertz CT molecular complexity index is 904. The lowest BCUT2D eigenvalue weighted by Crippen LogP contribution is -2.28. The third-order valence-electron chi connectivity index (χ3n) is 5.00. The van der Waals surface area contributed by atoms with E-state index < -0.39 is 22.5 Å². The van der Waals surface area contributed by atoms with E-state index in [1.807, 2.05) is 40.7 Å². The van der Waals surface area contributed by atoms with Gasteiger partial charge in [0.15, 0.2) is 0 Å². The molecular formula is C30H46F3NO3S. The molecule has 0 saturated carbocycles. The molecule has 0 fully saturated rings. The topological polar surface area (TPSA) is 58.6 Å². The van der Waals surface area contributed by atoms with E-state index in [2.05, 4.69) is 25.4 Å². The summed E-state index contributed by atoms with van der Waals surface area (Å²) in [5.74, 6) is 0.590. The summed E-state index contributed by atoms with van der Waals surface area (Å²) in [4.78, 5) is 11.2. The van der Waals surface area contributed by atoms with Crippen molar-refractivity contribution in [3.05, 3.63) is 78.2 Å². The molecule has 0 amide bonds. The first kappa shape index (κ1) is 37.5. The van der Waals surface area contributed by atoms with Crippen LogP contribution in [-0.2, 0) is 15.7 Å². The minimum Gasteiger partial charge on any atom is -0.480 e. The number of carboxylic acids is 1. The van der Waals surface area contributed by atoms with Gasteiger partial charge in [0.1, 0.15) is 10.5 Å². The second-order valence-electron chi connectivity index (χ2n) is 8.61. The van der Waals surface area contributed by atoms with Gasteiger partial charge in [-0.2, -0.15) is 13.2 Å². The van der Waals surface area contributed by atoms with Gasteiger partial charge in [0, 0.05) is 17.8 Å². The molecule has 38 heavy (non-hydrogen) atoms. The number of hydrogen-bond acceptors (Lipinski definition) is 4. The van der Waals surface area contributed by atoms with Crippen LogP contribution in [0.4, 0.5) is 13.2 Å². The van der Waals surface area contributed by atoms with E-state index in [4.69, 9.17) is 4.74 Å². The number of rotatable bonds is 14. The van der Waals surface area contributed by atoms with Crippen LogP contribution in [0.1, 0.15) is 79.4 Å². The van der Waals surface area contributed by atoms with Crippen LogP contribution in [0.25, 0.3) is 5.76 Å². The van der Waals surface area contributed by atoms with Crippen molar-refractivity contribution in [2.75, 3.05) is 12.3 Å². The zero-order valence-corrected chi connectivity index (χ0v) is 25.0. The third kappa shape index (κ3) is 15.6. The van der Waals surface area contributed by atoms with Crippen LogP contribution >= 0.6 is 11.8 Å². The van der Waals surface area contributed by atoms with Crippen LogP contribution in [0.5, 0.6) is 0 Å². The van der Waals surface area contributed by atoms with E-state index >= 15 is 0 Å². The minimum atomic E-state index is -4.38. The van der Waals surface area contributed by atoms with Crippen LogP contribution in [0, 0.1) is 5.92 Å². The van der Waals surface area contributed by atoms with Crippen molar-refractivity contribution in [3.63, 3.8) is 0 Å².